The van der Waals surface area contributed by atoms with E-state index in [0.717, 1.165) is 13.1 Å². The van der Waals surface area contributed by atoms with Crippen LogP contribution in [0, 0.1) is 5.41 Å². The van der Waals surface area contributed by atoms with E-state index in [9.17, 15) is 0 Å². The third kappa shape index (κ3) is 0.877. The van der Waals surface area contributed by atoms with Crippen LogP contribution in [0.15, 0.2) is 0 Å². The SMILES string of the molecule is N=C(N)N1CCNN1. The van der Waals surface area contributed by atoms with Gasteiger partial charge in [0, 0.05) is 6.54 Å². The first kappa shape index (κ1) is 5.33. The number of hydrogen-bond acceptors (Lipinski definition) is 3. The zero-order valence-electron chi connectivity index (χ0n) is 4.44. The predicted octanol–water partition coefficient (Wildman–Crippen LogP) is -1.80. The van der Waals surface area contributed by atoms with Crippen LogP contribution in [0.4, 0.5) is 0 Å². The van der Waals surface area contributed by atoms with Crippen molar-refractivity contribution in [3.8, 4) is 0 Å². The largest absolute Gasteiger partial charge is 0.369 e. The molecule has 0 amide bonds. The lowest BCUT2D eigenvalue weighted by molar-refractivity contribution is 0.362. The Balaban J connectivity index is 2.35. The molecule has 0 unspecified atom stereocenters. The molecule has 1 fully saturated rings. The van der Waals surface area contributed by atoms with Gasteiger partial charge in [-0.15, -0.1) is 0 Å². The maximum Gasteiger partial charge on any atom is 0.204 e. The number of nitrogens with two attached hydrogens (primary N) is 1. The molecule has 0 aromatic heterocycles. The van der Waals surface area contributed by atoms with Crippen LogP contribution in [0.1, 0.15) is 0 Å². The van der Waals surface area contributed by atoms with Crippen molar-refractivity contribution in [1.29, 1.82) is 5.41 Å². The summed E-state index contributed by atoms with van der Waals surface area (Å²) < 4.78 is 0. The average molecular weight is 115 g/mol. The fraction of sp³-hybridized carbons (Fsp3) is 0.667. The zero-order chi connectivity index (χ0) is 5.98. The lowest BCUT2D eigenvalue weighted by Gasteiger charge is -2.11. The summed E-state index contributed by atoms with van der Waals surface area (Å²) in [6.45, 7) is 1.59. The third-order valence-corrected chi connectivity index (χ3v) is 0.965. The number of hydrazine groups is 2. The van der Waals surface area contributed by atoms with Crippen LogP contribution in [-0.2, 0) is 0 Å². The van der Waals surface area contributed by atoms with E-state index in [4.69, 9.17) is 11.1 Å². The summed E-state index contributed by atoms with van der Waals surface area (Å²) in [4.78, 5) is 0. The quantitative estimate of drug-likeness (QED) is 0.222. The van der Waals surface area contributed by atoms with Crippen LogP contribution in [0.2, 0.25) is 0 Å². The van der Waals surface area contributed by atoms with Gasteiger partial charge in [-0.1, -0.05) is 0 Å². The highest BCUT2D eigenvalue weighted by Gasteiger charge is 2.09. The molecule has 8 heavy (non-hydrogen) atoms. The molecule has 0 aromatic rings. The molecule has 0 radical (unpaired) electrons. The van der Waals surface area contributed by atoms with Gasteiger partial charge in [0.05, 0.1) is 6.54 Å². The maximum atomic E-state index is 6.89. The maximum absolute atomic E-state index is 6.89. The molecule has 0 aromatic carbocycles. The third-order valence-electron chi connectivity index (χ3n) is 0.965. The lowest BCUT2D eigenvalue weighted by Crippen LogP contribution is -2.44. The number of hydrogen-bond donors (Lipinski definition) is 4. The molecule has 0 aliphatic carbocycles. The zero-order valence-corrected chi connectivity index (χ0v) is 4.44. The Labute approximate surface area is 47.3 Å². The molecule has 1 aliphatic rings. The second-order valence-electron chi connectivity index (χ2n) is 1.58. The lowest BCUT2D eigenvalue weighted by atomic mass is 10.6. The molecule has 5 heteroatoms. The molecule has 1 heterocycles. The van der Waals surface area contributed by atoms with Crippen molar-refractivity contribution in [3.05, 3.63) is 0 Å². The van der Waals surface area contributed by atoms with Crippen LogP contribution >= 0.6 is 0 Å². The molecule has 46 valence electrons. The fourth-order valence-corrected chi connectivity index (χ4v) is 0.556. The summed E-state index contributed by atoms with van der Waals surface area (Å²) in [5.41, 5.74) is 10.6. The summed E-state index contributed by atoms with van der Waals surface area (Å²) in [6.07, 6.45) is 0. The van der Waals surface area contributed by atoms with E-state index in [1.807, 2.05) is 0 Å². The average Bonchev–Trinajstić information content (AvgIpc) is 2.12. The molecule has 0 bridgehead atoms. The van der Waals surface area contributed by atoms with E-state index in [2.05, 4.69) is 11.0 Å². The predicted molar refractivity (Wildman–Crippen MR) is 29.8 cm³/mol. The van der Waals surface area contributed by atoms with Gasteiger partial charge in [0.1, 0.15) is 0 Å². The molecule has 5 N–H and O–H groups in total. The number of nitrogens with one attached hydrogen (secondary N) is 3. The first-order chi connectivity index (χ1) is 3.80. The highest BCUT2D eigenvalue weighted by atomic mass is 15.7. The fourth-order valence-electron chi connectivity index (χ4n) is 0.556. The minimum Gasteiger partial charge on any atom is -0.369 e. The molecule has 0 saturated carbocycles. The van der Waals surface area contributed by atoms with Crippen molar-refractivity contribution < 1.29 is 0 Å². The van der Waals surface area contributed by atoms with Gasteiger partial charge in [-0.2, -0.15) is 5.53 Å². The number of nitrogens with zero attached hydrogens (tertiary/aromatic N) is 1. The van der Waals surface area contributed by atoms with Gasteiger partial charge in [-0.05, 0) is 0 Å². The van der Waals surface area contributed by atoms with E-state index in [-0.39, 0.29) is 5.96 Å². The van der Waals surface area contributed by atoms with Crippen molar-refractivity contribution in [2.24, 2.45) is 5.73 Å². The Bertz CT molecular complexity index is 93.8. The Kier molecular flexibility index (Phi) is 1.32. The van der Waals surface area contributed by atoms with E-state index in [1.54, 1.807) is 0 Å². The van der Waals surface area contributed by atoms with Crippen LogP contribution in [0.3, 0.4) is 0 Å². The number of rotatable bonds is 0. The standard InChI is InChI=1S/C3H9N5/c4-3(5)8-2-1-6-7-8/h6-7H,1-2H2,(H3,4,5). The van der Waals surface area contributed by atoms with Gasteiger partial charge >= 0.3 is 0 Å². The smallest absolute Gasteiger partial charge is 0.204 e. The van der Waals surface area contributed by atoms with Crippen LogP contribution in [0.5, 0.6) is 0 Å². The molecular formula is C3H9N5. The van der Waals surface area contributed by atoms with Gasteiger partial charge in [-0.3, -0.25) is 10.4 Å². The van der Waals surface area contributed by atoms with Crippen LogP contribution in [0.25, 0.3) is 0 Å². The van der Waals surface area contributed by atoms with Crippen molar-refractivity contribution in [2.75, 3.05) is 13.1 Å². The first-order valence-corrected chi connectivity index (χ1v) is 2.41. The summed E-state index contributed by atoms with van der Waals surface area (Å²) in [6, 6.07) is 0. The van der Waals surface area contributed by atoms with Crippen molar-refractivity contribution >= 4 is 5.96 Å². The summed E-state index contributed by atoms with van der Waals surface area (Å²) in [5, 5.41) is 8.42. The van der Waals surface area contributed by atoms with E-state index in [1.165, 1.54) is 5.01 Å². The summed E-state index contributed by atoms with van der Waals surface area (Å²) in [5.74, 6) is 0.0509. The van der Waals surface area contributed by atoms with E-state index in [0.29, 0.717) is 0 Å². The molecule has 0 spiro atoms. The van der Waals surface area contributed by atoms with Gasteiger partial charge < -0.3 is 5.73 Å². The van der Waals surface area contributed by atoms with Crippen molar-refractivity contribution in [1.82, 2.24) is 16.0 Å². The normalized spacial score (nSPS) is 19.2. The molecular weight excluding hydrogens is 106 g/mol. The highest BCUT2D eigenvalue weighted by Crippen LogP contribution is 1.81. The number of guanidine groups is 1. The second kappa shape index (κ2) is 1.97. The van der Waals surface area contributed by atoms with Gasteiger partial charge in [0.25, 0.3) is 0 Å². The highest BCUT2D eigenvalue weighted by molar-refractivity contribution is 5.74. The Hall–Kier alpha value is -0.810. The van der Waals surface area contributed by atoms with E-state index >= 15 is 0 Å². The van der Waals surface area contributed by atoms with Crippen LogP contribution in [-0.4, -0.2) is 24.1 Å². The molecule has 1 saturated heterocycles. The van der Waals surface area contributed by atoms with Gasteiger partial charge in [0.2, 0.25) is 5.96 Å². The minimum atomic E-state index is 0.0509. The van der Waals surface area contributed by atoms with Crippen molar-refractivity contribution in [2.45, 2.75) is 0 Å². The van der Waals surface area contributed by atoms with Crippen LogP contribution < -0.4 is 16.7 Å². The van der Waals surface area contributed by atoms with Gasteiger partial charge in [-0.25, -0.2) is 5.43 Å². The Morgan fingerprint density at radius 1 is 1.75 bits per heavy atom. The Morgan fingerprint density at radius 3 is 2.75 bits per heavy atom. The van der Waals surface area contributed by atoms with Gasteiger partial charge in [0.15, 0.2) is 0 Å². The Morgan fingerprint density at radius 2 is 2.50 bits per heavy atom. The second-order valence-corrected chi connectivity index (χ2v) is 1.58. The summed E-state index contributed by atoms with van der Waals surface area (Å²) in [7, 11) is 0. The first-order valence-electron chi connectivity index (χ1n) is 2.41. The summed E-state index contributed by atoms with van der Waals surface area (Å²) >= 11 is 0. The molecule has 1 aliphatic heterocycles. The molecule has 1 rings (SSSR count). The molecule has 5 nitrogen and oxygen atoms in total. The van der Waals surface area contributed by atoms with Crippen molar-refractivity contribution in [3.63, 3.8) is 0 Å². The minimum absolute atomic E-state index is 0.0509. The monoisotopic (exact) mass is 115 g/mol. The van der Waals surface area contributed by atoms with E-state index < -0.39 is 0 Å². The molecule has 0 atom stereocenters. The topological polar surface area (TPSA) is 77.2 Å².